The van der Waals surface area contributed by atoms with Crippen molar-refractivity contribution in [2.24, 2.45) is 10.8 Å². The highest BCUT2D eigenvalue weighted by atomic mass is 79.9. The predicted octanol–water partition coefficient (Wildman–Crippen LogP) is 2.11. The molecule has 0 aromatic heterocycles. The second-order valence-electron chi connectivity index (χ2n) is 2.71. The molecule has 1 aromatic carbocycles. The van der Waals surface area contributed by atoms with E-state index in [9.17, 15) is 4.79 Å². The minimum absolute atomic E-state index is 0.439. The number of hydrogen-bond donors (Lipinski definition) is 2. The number of ether oxygens (including phenoxy) is 1. The third kappa shape index (κ3) is 3.11. The quantitative estimate of drug-likeness (QED) is 0.663. The van der Waals surface area contributed by atoms with Gasteiger partial charge in [-0.2, -0.15) is 5.10 Å². The standard InChI is InChI=1S/C9H9BrClN3O2/c1-16-7-3-2-6(10)8(11)5(7)4-13-14-9(12)15/h2-4H,1H3,(H3,12,14,15). The summed E-state index contributed by atoms with van der Waals surface area (Å²) < 4.78 is 5.80. The maximum atomic E-state index is 10.4. The number of urea groups is 1. The van der Waals surface area contributed by atoms with Crippen LogP contribution in [0.4, 0.5) is 4.79 Å². The lowest BCUT2D eigenvalue weighted by Crippen LogP contribution is -2.24. The van der Waals surface area contributed by atoms with Gasteiger partial charge in [-0.05, 0) is 28.1 Å². The number of amides is 2. The molecule has 3 N–H and O–H groups in total. The van der Waals surface area contributed by atoms with E-state index in [1.165, 1.54) is 13.3 Å². The van der Waals surface area contributed by atoms with Gasteiger partial charge in [-0.15, -0.1) is 0 Å². The normalized spacial score (nSPS) is 10.4. The van der Waals surface area contributed by atoms with E-state index in [2.05, 4.69) is 26.5 Å². The Balaban J connectivity index is 3.05. The number of carbonyl (C=O) groups is 1. The van der Waals surface area contributed by atoms with Crippen LogP contribution in [0.15, 0.2) is 21.7 Å². The van der Waals surface area contributed by atoms with Gasteiger partial charge in [0.2, 0.25) is 0 Å². The minimum atomic E-state index is -0.749. The zero-order valence-corrected chi connectivity index (χ0v) is 10.7. The molecule has 0 radical (unpaired) electrons. The molecule has 0 saturated heterocycles. The van der Waals surface area contributed by atoms with Gasteiger partial charge >= 0.3 is 6.03 Å². The smallest absolute Gasteiger partial charge is 0.332 e. The van der Waals surface area contributed by atoms with Gasteiger partial charge < -0.3 is 10.5 Å². The molecular weight excluding hydrogens is 297 g/mol. The number of methoxy groups -OCH3 is 1. The number of rotatable bonds is 3. The average Bonchev–Trinajstić information content (AvgIpc) is 2.24. The first kappa shape index (κ1) is 12.8. The van der Waals surface area contributed by atoms with E-state index in [-0.39, 0.29) is 0 Å². The molecule has 86 valence electrons. The van der Waals surface area contributed by atoms with Crippen LogP contribution in [0.3, 0.4) is 0 Å². The summed E-state index contributed by atoms with van der Waals surface area (Å²) in [6, 6.07) is 2.73. The van der Waals surface area contributed by atoms with Gasteiger partial charge in [-0.25, -0.2) is 10.2 Å². The van der Waals surface area contributed by atoms with E-state index < -0.39 is 6.03 Å². The summed E-state index contributed by atoms with van der Waals surface area (Å²) in [6.07, 6.45) is 1.36. The fourth-order valence-corrected chi connectivity index (χ4v) is 1.56. The van der Waals surface area contributed by atoms with Gasteiger partial charge in [-0.1, -0.05) is 11.6 Å². The second-order valence-corrected chi connectivity index (χ2v) is 3.94. The van der Waals surface area contributed by atoms with Crippen LogP contribution in [0.2, 0.25) is 5.02 Å². The van der Waals surface area contributed by atoms with Gasteiger partial charge in [0.05, 0.1) is 23.9 Å². The molecule has 7 heteroatoms. The van der Waals surface area contributed by atoms with Crippen molar-refractivity contribution in [1.82, 2.24) is 5.43 Å². The average molecular weight is 307 g/mol. The number of hydrazone groups is 1. The molecule has 0 unspecified atom stereocenters. The Labute approximate surface area is 106 Å². The van der Waals surface area contributed by atoms with Crippen molar-refractivity contribution in [2.45, 2.75) is 0 Å². The first-order valence-corrected chi connectivity index (χ1v) is 5.34. The van der Waals surface area contributed by atoms with E-state index in [4.69, 9.17) is 22.1 Å². The molecule has 0 aliphatic rings. The molecule has 0 aliphatic carbocycles. The molecule has 0 saturated carbocycles. The van der Waals surface area contributed by atoms with Crippen molar-refractivity contribution in [3.05, 3.63) is 27.2 Å². The number of nitrogens with one attached hydrogen (secondary N) is 1. The lowest BCUT2D eigenvalue weighted by molar-refractivity contribution is 0.249. The summed E-state index contributed by atoms with van der Waals surface area (Å²) in [4.78, 5) is 10.4. The number of hydrogen-bond acceptors (Lipinski definition) is 3. The predicted molar refractivity (Wildman–Crippen MR) is 66.0 cm³/mol. The first-order valence-electron chi connectivity index (χ1n) is 4.16. The Kier molecular flexibility index (Phi) is 4.57. The largest absolute Gasteiger partial charge is 0.496 e. The molecular formula is C9H9BrClN3O2. The minimum Gasteiger partial charge on any atom is -0.496 e. The SMILES string of the molecule is COc1ccc(Br)c(Cl)c1C=NNC(N)=O. The van der Waals surface area contributed by atoms with Crippen LogP contribution < -0.4 is 15.9 Å². The van der Waals surface area contributed by atoms with Crippen LogP contribution in [0, 0.1) is 0 Å². The summed E-state index contributed by atoms with van der Waals surface area (Å²) in [6.45, 7) is 0. The summed E-state index contributed by atoms with van der Waals surface area (Å²) in [5.74, 6) is 0.545. The highest BCUT2D eigenvalue weighted by Gasteiger charge is 2.08. The summed E-state index contributed by atoms with van der Waals surface area (Å²) in [7, 11) is 1.51. The van der Waals surface area contributed by atoms with Crippen LogP contribution in [-0.4, -0.2) is 19.4 Å². The Morgan fingerprint density at radius 2 is 2.38 bits per heavy atom. The van der Waals surface area contributed by atoms with Crippen LogP contribution in [-0.2, 0) is 0 Å². The first-order chi connectivity index (χ1) is 7.56. The topological polar surface area (TPSA) is 76.7 Å². The number of nitrogens with zero attached hydrogens (tertiary/aromatic N) is 1. The number of primary amides is 1. The van der Waals surface area contributed by atoms with E-state index >= 15 is 0 Å². The molecule has 0 bridgehead atoms. The van der Waals surface area contributed by atoms with Crippen LogP contribution in [0.5, 0.6) is 5.75 Å². The van der Waals surface area contributed by atoms with Crippen molar-refractivity contribution in [3.8, 4) is 5.75 Å². The Bertz CT molecular complexity index is 437. The van der Waals surface area contributed by atoms with Crippen molar-refractivity contribution in [2.75, 3.05) is 7.11 Å². The fourth-order valence-electron chi connectivity index (χ4n) is 1.01. The molecule has 0 atom stereocenters. The van der Waals surface area contributed by atoms with Crippen LogP contribution >= 0.6 is 27.5 Å². The van der Waals surface area contributed by atoms with Gasteiger partial charge in [0.25, 0.3) is 0 Å². The van der Waals surface area contributed by atoms with Crippen molar-refractivity contribution < 1.29 is 9.53 Å². The highest BCUT2D eigenvalue weighted by Crippen LogP contribution is 2.31. The number of benzene rings is 1. The zero-order valence-electron chi connectivity index (χ0n) is 8.33. The Morgan fingerprint density at radius 1 is 1.69 bits per heavy atom. The summed E-state index contributed by atoms with van der Waals surface area (Å²) >= 11 is 9.30. The van der Waals surface area contributed by atoms with E-state index in [1.807, 2.05) is 0 Å². The maximum Gasteiger partial charge on any atom is 0.332 e. The van der Waals surface area contributed by atoms with Gasteiger partial charge in [0.15, 0.2) is 0 Å². The number of carbonyl (C=O) groups excluding carboxylic acids is 1. The molecule has 1 aromatic rings. The van der Waals surface area contributed by atoms with Crippen molar-refractivity contribution in [1.29, 1.82) is 0 Å². The molecule has 2 amide bonds. The highest BCUT2D eigenvalue weighted by molar-refractivity contribution is 9.10. The maximum absolute atomic E-state index is 10.4. The molecule has 0 aliphatic heterocycles. The molecule has 0 spiro atoms. The molecule has 1 rings (SSSR count). The lowest BCUT2D eigenvalue weighted by atomic mass is 10.2. The molecule has 0 fully saturated rings. The van der Waals surface area contributed by atoms with Gasteiger partial charge in [-0.3, -0.25) is 0 Å². The van der Waals surface area contributed by atoms with Crippen molar-refractivity contribution >= 4 is 39.8 Å². The zero-order chi connectivity index (χ0) is 12.1. The number of nitrogens with two attached hydrogens (primary N) is 1. The number of halogens is 2. The Morgan fingerprint density at radius 3 is 2.94 bits per heavy atom. The summed E-state index contributed by atoms with van der Waals surface area (Å²) in [5, 5.41) is 4.06. The van der Waals surface area contributed by atoms with Crippen molar-refractivity contribution in [3.63, 3.8) is 0 Å². The summed E-state index contributed by atoms with van der Waals surface area (Å²) in [5.41, 5.74) is 7.48. The Hall–Kier alpha value is -1.27. The third-order valence-electron chi connectivity index (χ3n) is 1.68. The van der Waals surface area contributed by atoms with E-state index in [1.54, 1.807) is 12.1 Å². The fraction of sp³-hybridized carbons (Fsp3) is 0.111. The third-order valence-corrected chi connectivity index (χ3v) is 2.98. The van der Waals surface area contributed by atoms with E-state index in [0.29, 0.717) is 20.8 Å². The lowest BCUT2D eigenvalue weighted by Gasteiger charge is -2.07. The monoisotopic (exact) mass is 305 g/mol. The second kappa shape index (κ2) is 5.72. The van der Waals surface area contributed by atoms with Gasteiger partial charge in [0, 0.05) is 4.47 Å². The molecule has 0 heterocycles. The molecule has 16 heavy (non-hydrogen) atoms. The van der Waals surface area contributed by atoms with E-state index in [0.717, 1.165) is 0 Å². The van der Waals surface area contributed by atoms with Crippen LogP contribution in [0.1, 0.15) is 5.56 Å². The van der Waals surface area contributed by atoms with Gasteiger partial charge in [0.1, 0.15) is 5.75 Å². The van der Waals surface area contributed by atoms with Crippen LogP contribution in [0.25, 0.3) is 0 Å². The molecule has 5 nitrogen and oxygen atoms in total.